The Morgan fingerprint density at radius 3 is 2.54 bits per heavy atom. The molecule has 1 aromatic rings. The molecule has 0 bridgehead atoms. The lowest BCUT2D eigenvalue weighted by atomic mass is 10.0. The van der Waals surface area contributed by atoms with Crippen molar-refractivity contribution < 1.29 is 0 Å². The van der Waals surface area contributed by atoms with Crippen molar-refractivity contribution in [2.75, 3.05) is 38.6 Å². The predicted molar refractivity (Wildman–Crippen MR) is 129 cm³/mol. The van der Waals surface area contributed by atoms with Gasteiger partial charge in [0.05, 0.1) is 12.2 Å². The van der Waals surface area contributed by atoms with E-state index < -0.39 is 0 Å². The zero-order chi connectivity index (χ0) is 19.1. The van der Waals surface area contributed by atoms with E-state index in [-0.39, 0.29) is 24.0 Å². The van der Waals surface area contributed by atoms with Crippen molar-refractivity contribution in [1.29, 1.82) is 0 Å². The number of hydrogen-bond acceptors (Lipinski definition) is 4. The Morgan fingerprint density at radius 1 is 1.18 bits per heavy atom. The first kappa shape index (κ1) is 23.2. The van der Waals surface area contributed by atoms with Crippen LogP contribution >= 0.6 is 24.0 Å². The van der Waals surface area contributed by atoms with Crippen molar-refractivity contribution in [2.24, 2.45) is 4.99 Å². The van der Waals surface area contributed by atoms with Gasteiger partial charge >= 0.3 is 0 Å². The van der Waals surface area contributed by atoms with Gasteiger partial charge in [0.1, 0.15) is 5.82 Å². The van der Waals surface area contributed by atoms with Crippen LogP contribution in [0.1, 0.15) is 51.1 Å². The molecule has 0 unspecified atom stereocenters. The molecule has 2 heterocycles. The van der Waals surface area contributed by atoms with Crippen LogP contribution < -0.4 is 15.5 Å². The van der Waals surface area contributed by atoms with E-state index in [4.69, 9.17) is 4.99 Å². The van der Waals surface area contributed by atoms with E-state index >= 15 is 0 Å². The number of aromatic nitrogens is 1. The number of anilines is 1. The maximum atomic E-state index is 4.77. The van der Waals surface area contributed by atoms with Crippen molar-refractivity contribution in [2.45, 2.75) is 64.1 Å². The Bertz CT molecular complexity index is 607. The lowest BCUT2D eigenvalue weighted by Gasteiger charge is -2.36. The Morgan fingerprint density at radius 2 is 1.89 bits per heavy atom. The zero-order valence-electron chi connectivity index (χ0n) is 17.7. The largest absolute Gasteiger partial charge is 0.363 e. The van der Waals surface area contributed by atoms with Gasteiger partial charge in [0.25, 0.3) is 0 Å². The van der Waals surface area contributed by atoms with Gasteiger partial charge in [-0.1, -0.05) is 18.9 Å². The van der Waals surface area contributed by atoms with Gasteiger partial charge in [-0.15, -0.1) is 24.0 Å². The Labute approximate surface area is 187 Å². The summed E-state index contributed by atoms with van der Waals surface area (Å²) < 4.78 is 0. The fourth-order valence-electron chi connectivity index (χ4n) is 4.16. The van der Waals surface area contributed by atoms with Gasteiger partial charge in [-0.05, 0) is 44.7 Å². The number of nitrogens with zero attached hydrogens (tertiary/aromatic N) is 4. The molecule has 1 aromatic heterocycles. The standard InChI is InChI=1S/C21H36N6.HI/c1-4-22-21(23-16-18-8-7-11-20(24-18)26(2)3)25-17-12-14-27(15-13-17)19-9-5-6-10-19;/h7-8,11,17,19H,4-6,9-10,12-16H2,1-3H3,(H2,22,23,25);1H. The first-order valence-corrected chi connectivity index (χ1v) is 10.6. The lowest BCUT2D eigenvalue weighted by molar-refractivity contribution is 0.150. The van der Waals surface area contributed by atoms with E-state index in [2.05, 4.69) is 27.4 Å². The van der Waals surface area contributed by atoms with Crippen LogP contribution in [0.3, 0.4) is 0 Å². The summed E-state index contributed by atoms with van der Waals surface area (Å²) in [5.74, 6) is 1.88. The molecule has 1 aliphatic heterocycles. The molecule has 1 saturated heterocycles. The third-order valence-corrected chi connectivity index (χ3v) is 5.71. The van der Waals surface area contributed by atoms with E-state index in [1.807, 2.05) is 37.2 Å². The highest BCUT2D eigenvalue weighted by atomic mass is 127. The first-order chi connectivity index (χ1) is 13.2. The van der Waals surface area contributed by atoms with Gasteiger partial charge in [-0.2, -0.15) is 0 Å². The number of pyridine rings is 1. The zero-order valence-corrected chi connectivity index (χ0v) is 20.0. The molecule has 2 fully saturated rings. The second-order valence-corrected chi connectivity index (χ2v) is 7.97. The number of guanidine groups is 1. The first-order valence-electron chi connectivity index (χ1n) is 10.6. The van der Waals surface area contributed by atoms with Crippen LogP contribution in [0.4, 0.5) is 5.82 Å². The third kappa shape index (κ3) is 6.76. The van der Waals surface area contributed by atoms with E-state index in [1.165, 1.54) is 51.6 Å². The Balaban J connectivity index is 0.00000280. The molecule has 1 saturated carbocycles. The molecule has 0 radical (unpaired) electrons. The number of piperidine rings is 1. The van der Waals surface area contributed by atoms with Gasteiger partial charge < -0.3 is 20.4 Å². The average molecular weight is 500 g/mol. The Hall–Kier alpha value is -1.09. The van der Waals surface area contributed by atoms with Gasteiger partial charge in [-0.3, -0.25) is 0 Å². The van der Waals surface area contributed by atoms with Crippen LogP contribution in [-0.2, 0) is 6.54 Å². The maximum absolute atomic E-state index is 4.77. The predicted octanol–water partition coefficient (Wildman–Crippen LogP) is 3.23. The van der Waals surface area contributed by atoms with Crippen LogP contribution in [0.2, 0.25) is 0 Å². The minimum absolute atomic E-state index is 0. The average Bonchev–Trinajstić information content (AvgIpc) is 3.22. The summed E-state index contributed by atoms with van der Waals surface area (Å²) in [6.45, 7) is 6.02. The van der Waals surface area contributed by atoms with Crippen molar-refractivity contribution in [3.8, 4) is 0 Å². The number of halogens is 1. The fourth-order valence-corrected chi connectivity index (χ4v) is 4.16. The van der Waals surface area contributed by atoms with E-state index in [1.54, 1.807) is 0 Å². The van der Waals surface area contributed by atoms with Crippen LogP contribution in [-0.4, -0.2) is 61.7 Å². The summed E-state index contributed by atoms with van der Waals surface area (Å²) in [6, 6.07) is 7.48. The monoisotopic (exact) mass is 500 g/mol. The smallest absolute Gasteiger partial charge is 0.191 e. The number of aliphatic imine (C=N–C) groups is 1. The molecule has 158 valence electrons. The fraction of sp³-hybridized carbons (Fsp3) is 0.714. The number of nitrogens with one attached hydrogen (secondary N) is 2. The Kier molecular flexibility index (Phi) is 9.77. The maximum Gasteiger partial charge on any atom is 0.191 e. The molecule has 7 heteroatoms. The molecule has 1 aliphatic carbocycles. The lowest BCUT2D eigenvalue weighted by Crippen LogP contribution is -2.50. The molecule has 3 rings (SSSR count). The molecule has 6 nitrogen and oxygen atoms in total. The molecule has 0 spiro atoms. The molecule has 0 amide bonds. The van der Waals surface area contributed by atoms with E-state index in [0.717, 1.165) is 30.1 Å². The summed E-state index contributed by atoms with van der Waals surface area (Å²) in [5, 5.41) is 7.04. The summed E-state index contributed by atoms with van der Waals surface area (Å²) in [6.07, 6.45) is 8.05. The molecule has 2 aliphatic rings. The topological polar surface area (TPSA) is 55.8 Å². The molecule has 0 atom stereocenters. The second-order valence-electron chi connectivity index (χ2n) is 7.97. The SMILES string of the molecule is CCNC(=NCc1cccc(N(C)C)n1)NC1CCN(C2CCCC2)CC1.I. The number of hydrogen-bond donors (Lipinski definition) is 2. The quantitative estimate of drug-likeness (QED) is 0.357. The van der Waals surface area contributed by atoms with E-state index in [9.17, 15) is 0 Å². The minimum Gasteiger partial charge on any atom is -0.363 e. The second kappa shape index (κ2) is 11.8. The van der Waals surface area contributed by atoms with Crippen LogP contribution in [0.25, 0.3) is 0 Å². The van der Waals surface area contributed by atoms with Gasteiger partial charge in [0.15, 0.2) is 5.96 Å². The van der Waals surface area contributed by atoms with Crippen molar-refractivity contribution in [3.63, 3.8) is 0 Å². The molecule has 0 aromatic carbocycles. The molecular formula is C21H37IN6. The highest BCUT2D eigenvalue weighted by molar-refractivity contribution is 14.0. The summed E-state index contributed by atoms with van der Waals surface area (Å²) in [7, 11) is 4.03. The highest BCUT2D eigenvalue weighted by Gasteiger charge is 2.27. The summed E-state index contributed by atoms with van der Waals surface area (Å²) in [5.41, 5.74) is 0.995. The highest BCUT2D eigenvalue weighted by Crippen LogP contribution is 2.26. The van der Waals surface area contributed by atoms with Gasteiger partial charge in [-0.25, -0.2) is 9.98 Å². The van der Waals surface area contributed by atoms with Crippen molar-refractivity contribution >= 4 is 35.8 Å². The van der Waals surface area contributed by atoms with Crippen molar-refractivity contribution in [3.05, 3.63) is 23.9 Å². The minimum atomic E-state index is 0. The normalized spacial score (nSPS) is 19.3. The van der Waals surface area contributed by atoms with E-state index in [0.29, 0.717) is 12.6 Å². The molecule has 28 heavy (non-hydrogen) atoms. The summed E-state index contributed by atoms with van der Waals surface area (Å²) in [4.78, 5) is 14.2. The number of rotatable bonds is 6. The third-order valence-electron chi connectivity index (χ3n) is 5.71. The molecule has 2 N–H and O–H groups in total. The molecular weight excluding hydrogens is 463 g/mol. The summed E-state index contributed by atoms with van der Waals surface area (Å²) >= 11 is 0. The van der Waals surface area contributed by atoms with Crippen LogP contribution in [0.15, 0.2) is 23.2 Å². The number of likely N-dealkylation sites (tertiary alicyclic amines) is 1. The van der Waals surface area contributed by atoms with Gasteiger partial charge in [0.2, 0.25) is 0 Å². The van der Waals surface area contributed by atoms with Crippen LogP contribution in [0, 0.1) is 0 Å². The van der Waals surface area contributed by atoms with Gasteiger partial charge in [0, 0.05) is 45.8 Å². The van der Waals surface area contributed by atoms with Crippen LogP contribution in [0.5, 0.6) is 0 Å². The van der Waals surface area contributed by atoms with Crippen molar-refractivity contribution in [1.82, 2.24) is 20.5 Å².